The lowest BCUT2D eigenvalue weighted by atomic mass is 10.1. The molecule has 28 heavy (non-hydrogen) atoms. The van der Waals surface area contributed by atoms with Gasteiger partial charge in [0.1, 0.15) is 6.33 Å². The van der Waals surface area contributed by atoms with E-state index in [-0.39, 0.29) is 23.1 Å². The summed E-state index contributed by atoms with van der Waals surface area (Å²) in [7, 11) is -2.01. The zero-order chi connectivity index (χ0) is 19.7. The molecule has 1 atom stereocenters. The molecule has 1 aliphatic rings. The molecule has 0 N–H and O–H groups in total. The van der Waals surface area contributed by atoms with E-state index in [9.17, 15) is 13.2 Å². The first-order valence-electron chi connectivity index (χ1n) is 8.82. The van der Waals surface area contributed by atoms with E-state index in [1.54, 1.807) is 36.1 Å². The molecule has 0 saturated carbocycles. The second kappa shape index (κ2) is 7.24. The van der Waals surface area contributed by atoms with Crippen LogP contribution in [0.15, 0.2) is 47.9 Å². The van der Waals surface area contributed by atoms with Crippen molar-refractivity contribution < 1.29 is 13.2 Å². The fraction of sp³-hybridized carbons (Fsp3) is 0.353. The molecule has 0 radical (unpaired) electrons. The highest BCUT2D eigenvalue weighted by atomic mass is 32.2. The minimum absolute atomic E-state index is 0.109. The highest BCUT2D eigenvalue weighted by Crippen LogP contribution is 2.29. The third kappa shape index (κ3) is 3.45. The molecule has 1 aromatic carbocycles. The summed E-state index contributed by atoms with van der Waals surface area (Å²) in [6.45, 7) is 0.391. The van der Waals surface area contributed by atoms with Gasteiger partial charge in [-0.1, -0.05) is 6.07 Å². The van der Waals surface area contributed by atoms with Gasteiger partial charge in [-0.3, -0.25) is 9.48 Å². The predicted molar refractivity (Wildman–Crippen MR) is 98.2 cm³/mol. The Bertz CT molecular complexity index is 1090. The molecule has 4 rings (SSSR count). The van der Waals surface area contributed by atoms with Gasteiger partial charge in [0.05, 0.1) is 22.3 Å². The number of Topliss-reactive ketones (excluding diaryl/α,β-unsaturated/α-hetero) is 1. The SMILES string of the molecule is Cn1cc(C(=O)C[C@@H]2CCCN2S(=O)(=O)c2cccc(-n3cnnn3)c2)cn1. The summed E-state index contributed by atoms with van der Waals surface area (Å²) in [4.78, 5) is 12.7. The summed E-state index contributed by atoms with van der Waals surface area (Å²) < 4.78 is 30.8. The van der Waals surface area contributed by atoms with E-state index in [0.717, 1.165) is 6.42 Å². The molecule has 2 aromatic heterocycles. The third-order valence-electron chi connectivity index (χ3n) is 4.81. The van der Waals surface area contributed by atoms with Gasteiger partial charge in [0.2, 0.25) is 10.0 Å². The molecule has 10 nitrogen and oxygen atoms in total. The van der Waals surface area contributed by atoms with Crippen LogP contribution in [0.4, 0.5) is 0 Å². The molecule has 1 aliphatic heterocycles. The normalized spacial score (nSPS) is 17.8. The lowest BCUT2D eigenvalue weighted by Gasteiger charge is -2.23. The van der Waals surface area contributed by atoms with Crippen LogP contribution in [0.2, 0.25) is 0 Å². The van der Waals surface area contributed by atoms with Gasteiger partial charge in [0, 0.05) is 32.3 Å². The Hall–Kier alpha value is -2.92. The number of sulfonamides is 1. The highest BCUT2D eigenvalue weighted by Gasteiger charge is 2.36. The van der Waals surface area contributed by atoms with Gasteiger partial charge >= 0.3 is 0 Å². The average Bonchev–Trinajstić information content (AvgIpc) is 3.43. The molecule has 11 heteroatoms. The van der Waals surface area contributed by atoms with Crippen molar-refractivity contribution in [3.05, 3.63) is 48.5 Å². The first-order valence-corrected chi connectivity index (χ1v) is 10.3. The average molecular weight is 401 g/mol. The van der Waals surface area contributed by atoms with E-state index in [2.05, 4.69) is 20.6 Å². The first kappa shape index (κ1) is 18.4. The number of nitrogens with zero attached hydrogens (tertiary/aromatic N) is 7. The molecule has 0 unspecified atom stereocenters. The molecule has 3 heterocycles. The Morgan fingerprint density at radius 3 is 2.89 bits per heavy atom. The summed E-state index contributed by atoms with van der Waals surface area (Å²) in [5.74, 6) is -0.109. The smallest absolute Gasteiger partial charge is 0.243 e. The molecule has 0 spiro atoms. The molecule has 0 amide bonds. The van der Waals surface area contributed by atoms with E-state index in [1.807, 2.05) is 0 Å². The first-order chi connectivity index (χ1) is 13.4. The maximum absolute atomic E-state index is 13.2. The van der Waals surface area contributed by atoms with Crippen molar-refractivity contribution >= 4 is 15.8 Å². The third-order valence-corrected chi connectivity index (χ3v) is 6.76. The number of benzene rings is 1. The van der Waals surface area contributed by atoms with Crippen LogP contribution in [0.25, 0.3) is 5.69 Å². The van der Waals surface area contributed by atoms with Crippen molar-refractivity contribution in [2.75, 3.05) is 6.54 Å². The van der Waals surface area contributed by atoms with Gasteiger partial charge < -0.3 is 0 Å². The molecule has 3 aromatic rings. The zero-order valence-electron chi connectivity index (χ0n) is 15.2. The van der Waals surface area contributed by atoms with E-state index < -0.39 is 10.0 Å². The molecule has 0 bridgehead atoms. The summed E-state index contributed by atoms with van der Waals surface area (Å²) >= 11 is 0. The number of tetrazole rings is 1. The van der Waals surface area contributed by atoms with Gasteiger partial charge in [0.25, 0.3) is 0 Å². The van der Waals surface area contributed by atoms with Crippen molar-refractivity contribution in [2.24, 2.45) is 7.05 Å². The molecule has 1 fully saturated rings. The van der Waals surface area contributed by atoms with Gasteiger partial charge in [-0.25, -0.2) is 13.1 Å². The van der Waals surface area contributed by atoms with Crippen molar-refractivity contribution in [1.82, 2.24) is 34.3 Å². The Balaban J connectivity index is 1.58. The largest absolute Gasteiger partial charge is 0.294 e. The minimum atomic E-state index is -3.75. The number of aromatic nitrogens is 6. The predicted octanol–water partition coefficient (Wildman–Crippen LogP) is 0.822. The standard InChI is InChI=1S/C17H19N7O3S/c1-22-11-13(10-19-22)17(25)9-15-5-3-7-24(15)28(26,27)16-6-2-4-14(8-16)23-12-18-20-21-23/h2,4,6,8,10-12,15H,3,5,7,9H2,1H3/t15-/m0/s1. The van der Waals surface area contributed by atoms with Crippen LogP contribution in [0.1, 0.15) is 29.6 Å². The van der Waals surface area contributed by atoms with Crippen LogP contribution >= 0.6 is 0 Å². The molecular weight excluding hydrogens is 382 g/mol. The number of hydrogen-bond acceptors (Lipinski definition) is 7. The summed E-state index contributed by atoms with van der Waals surface area (Å²) in [6.07, 6.45) is 6.06. The molecular formula is C17H19N7O3S. The number of ketones is 1. The zero-order valence-corrected chi connectivity index (χ0v) is 16.0. The quantitative estimate of drug-likeness (QED) is 0.562. The Morgan fingerprint density at radius 1 is 1.32 bits per heavy atom. The van der Waals surface area contributed by atoms with E-state index in [1.165, 1.54) is 27.6 Å². The molecule has 1 saturated heterocycles. The Kier molecular flexibility index (Phi) is 4.77. The van der Waals surface area contributed by atoms with Crippen molar-refractivity contribution in [1.29, 1.82) is 0 Å². The van der Waals surface area contributed by atoms with Crippen molar-refractivity contribution in [3.63, 3.8) is 0 Å². The number of aryl methyl sites for hydroxylation is 1. The van der Waals surface area contributed by atoms with Crippen LogP contribution in [0.3, 0.4) is 0 Å². The molecule has 0 aliphatic carbocycles. The lowest BCUT2D eigenvalue weighted by Crippen LogP contribution is -2.36. The van der Waals surface area contributed by atoms with Crippen molar-refractivity contribution in [2.45, 2.75) is 30.2 Å². The van der Waals surface area contributed by atoms with Crippen LogP contribution < -0.4 is 0 Å². The molecule has 146 valence electrons. The van der Waals surface area contributed by atoms with E-state index in [0.29, 0.717) is 24.2 Å². The summed E-state index contributed by atoms with van der Waals surface area (Å²) in [5.41, 5.74) is 1.04. The Morgan fingerprint density at radius 2 is 2.18 bits per heavy atom. The second-order valence-electron chi connectivity index (χ2n) is 6.69. The van der Waals surface area contributed by atoms with E-state index in [4.69, 9.17) is 0 Å². The van der Waals surface area contributed by atoms with E-state index >= 15 is 0 Å². The highest BCUT2D eigenvalue weighted by molar-refractivity contribution is 7.89. The van der Waals surface area contributed by atoms with Crippen LogP contribution in [0, 0.1) is 0 Å². The van der Waals surface area contributed by atoms with Crippen LogP contribution in [0.5, 0.6) is 0 Å². The summed E-state index contributed by atoms with van der Waals surface area (Å²) in [6, 6.07) is 6.08. The fourth-order valence-electron chi connectivity index (χ4n) is 3.43. The van der Waals surface area contributed by atoms with Gasteiger partial charge in [0.15, 0.2) is 5.78 Å². The lowest BCUT2D eigenvalue weighted by molar-refractivity contribution is 0.0961. The second-order valence-corrected chi connectivity index (χ2v) is 8.58. The maximum atomic E-state index is 13.2. The minimum Gasteiger partial charge on any atom is -0.294 e. The maximum Gasteiger partial charge on any atom is 0.243 e. The van der Waals surface area contributed by atoms with Gasteiger partial charge in [-0.15, -0.1) is 5.10 Å². The number of carbonyl (C=O) groups is 1. The van der Waals surface area contributed by atoms with Crippen LogP contribution in [-0.4, -0.2) is 61.1 Å². The van der Waals surface area contributed by atoms with Gasteiger partial charge in [-0.05, 0) is 41.5 Å². The topological polar surface area (TPSA) is 116 Å². The number of rotatable bonds is 6. The summed E-state index contributed by atoms with van der Waals surface area (Å²) in [5, 5.41) is 14.9. The number of hydrogen-bond donors (Lipinski definition) is 0. The van der Waals surface area contributed by atoms with Gasteiger partial charge in [-0.2, -0.15) is 9.40 Å². The number of carbonyl (C=O) groups excluding carboxylic acids is 1. The van der Waals surface area contributed by atoms with Crippen LogP contribution in [-0.2, 0) is 17.1 Å². The van der Waals surface area contributed by atoms with Crippen molar-refractivity contribution in [3.8, 4) is 5.69 Å². The Labute approximate surface area is 161 Å². The monoisotopic (exact) mass is 401 g/mol. The fourth-order valence-corrected chi connectivity index (χ4v) is 5.16.